The molecular formula is C18H20FN5O. The molecule has 2 aromatic heterocycles. The van der Waals surface area contributed by atoms with E-state index in [1.165, 1.54) is 6.07 Å². The number of aryl methyl sites for hydroxylation is 1. The van der Waals surface area contributed by atoms with Gasteiger partial charge in [-0.15, -0.1) is 0 Å². The Balaban J connectivity index is 1.88. The summed E-state index contributed by atoms with van der Waals surface area (Å²) in [5.74, 6) is -0.0446. The van der Waals surface area contributed by atoms with Crippen molar-refractivity contribution < 1.29 is 9.18 Å². The number of halogens is 1. The van der Waals surface area contributed by atoms with E-state index in [9.17, 15) is 9.18 Å². The van der Waals surface area contributed by atoms with Crippen LogP contribution in [0.3, 0.4) is 0 Å². The molecule has 6 nitrogen and oxygen atoms in total. The van der Waals surface area contributed by atoms with E-state index in [0.717, 1.165) is 5.56 Å². The molecule has 3 rings (SSSR count). The third-order valence-electron chi connectivity index (χ3n) is 3.95. The zero-order valence-corrected chi connectivity index (χ0v) is 14.4. The van der Waals surface area contributed by atoms with Gasteiger partial charge in [0.25, 0.3) is 5.91 Å². The van der Waals surface area contributed by atoms with Crippen molar-refractivity contribution in [2.75, 3.05) is 0 Å². The summed E-state index contributed by atoms with van der Waals surface area (Å²) in [4.78, 5) is 25.6. The van der Waals surface area contributed by atoms with Gasteiger partial charge in [0.15, 0.2) is 0 Å². The van der Waals surface area contributed by atoms with Gasteiger partial charge in [-0.05, 0) is 31.5 Å². The summed E-state index contributed by atoms with van der Waals surface area (Å²) < 4.78 is 15.8. The maximum atomic E-state index is 14.1. The number of hydrogen-bond donors (Lipinski definition) is 1. The van der Waals surface area contributed by atoms with Gasteiger partial charge in [-0.1, -0.05) is 6.07 Å². The summed E-state index contributed by atoms with van der Waals surface area (Å²) in [5.41, 5.74) is 1.60. The van der Waals surface area contributed by atoms with Crippen molar-refractivity contribution in [1.29, 1.82) is 0 Å². The molecule has 0 bridgehead atoms. The average Bonchev–Trinajstić information content (AvgIpc) is 3.24. The van der Waals surface area contributed by atoms with E-state index in [4.69, 9.17) is 0 Å². The second-order valence-electron chi connectivity index (χ2n) is 6.20. The molecule has 0 radical (unpaired) electrons. The Bertz CT molecular complexity index is 869. The quantitative estimate of drug-likeness (QED) is 0.776. The van der Waals surface area contributed by atoms with Crippen LogP contribution in [0, 0.1) is 5.82 Å². The monoisotopic (exact) mass is 341 g/mol. The number of nitrogens with zero attached hydrogens (tertiary/aromatic N) is 4. The lowest BCUT2D eigenvalue weighted by Gasteiger charge is -2.26. The summed E-state index contributed by atoms with van der Waals surface area (Å²) >= 11 is 0. The highest BCUT2D eigenvalue weighted by molar-refractivity contribution is 5.92. The molecule has 1 aromatic carbocycles. The van der Waals surface area contributed by atoms with Crippen LogP contribution >= 0.6 is 0 Å². The number of carbonyl (C=O) groups excluding carboxylic acids is 1. The second-order valence-corrected chi connectivity index (χ2v) is 6.20. The molecule has 25 heavy (non-hydrogen) atoms. The molecule has 0 spiro atoms. The van der Waals surface area contributed by atoms with Crippen LogP contribution in [0.5, 0.6) is 0 Å². The van der Waals surface area contributed by atoms with Crippen molar-refractivity contribution >= 4 is 5.91 Å². The predicted molar refractivity (Wildman–Crippen MR) is 92.2 cm³/mol. The van der Waals surface area contributed by atoms with E-state index in [1.807, 2.05) is 20.9 Å². The van der Waals surface area contributed by atoms with E-state index >= 15 is 0 Å². The minimum absolute atomic E-state index is 0.0216. The van der Waals surface area contributed by atoms with E-state index in [1.54, 1.807) is 46.5 Å². The molecule has 0 unspecified atom stereocenters. The molecule has 0 atom stereocenters. The standard InChI is InChI=1S/C18H20FN5O/c1-12(2)24(18(25)16-10-23(3)11-22-16)9-13-4-5-15(19)14(8-13)17-20-6-7-21-17/h4-8,10-12H,9H2,1-3H3,(H,20,21). The minimum atomic E-state index is -0.356. The van der Waals surface area contributed by atoms with E-state index in [2.05, 4.69) is 15.0 Å². The van der Waals surface area contributed by atoms with Crippen molar-refractivity contribution in [1.82, 2.24) is 24.4 Å². The third-order valence-corrected chi connectivity index (χ3v) is 3.95. The summed E-state index contributed by atoms with van der Waals surface area (Å²) in [6.45, 7) is 4.25. The lowest BCUT2D eigenvalue weighted by molar-refractivity contribution is 0.0684. The molecule has 1 N–H and O–H groups in total. The number of carbonyl (C=O) groups is 1. The van der Waals surface area contributed by atoms with Crippen LogP contribution in [-0.2, 0) is 13.6 Å². The highest BCUT2D eigenvalue weighted by Gasteiger charge is 2.21. The number of hydrogen-bond acceptors (Lipinski definition) is 3. The number of nitrogens with one attached hydrogen (secondary N) is 1. The number of aromatic nitrogens is 4. The van der Waals surface area contributed by atoms with Gasteiger partial charge >= 0.3 is 0 Å². The summed E-state index contributed by atoms with van der Waals surface area (Å²) in [6.07, 6.45) is 6.51. The zero-order chi connectivity index (χ0) is 18.0. The Morgan fingerprint density at radius 3 is 2.76 bits per heavy atom. The molecule has 0 saturated heterocycles. The number of benzene rings is 1. The third kappa shape index (κ3) is 3.60. The van der Waals surface area contributed by atoms with Crippen LogP contribution in [0.4, 0.5) is 4.39 Å². The van der Waals surface area contributed by atoms with Gasteiger partial charge in [0.2, 0.25) is 0 Å². The zero-order valence-electron chi connectivity index (χ0n) is 14.4. The molecule has 1 amide bonds. The van der Waals surface area contributed by atoms with Crippen LogP contribution in [0.25, 0.3) is 11.4 Å². The van der Waals surface area contributed by atoms with Crippen molar-refractivity contribution in [2.24, 2.45) is 7.05 Å². The normalized spacial score (nSPS) is 11.1. The fourth-order valence-corrected chi connectivity index (χ4v) is 2.62. The van der Waals surface area contributed by atoms with Crippen LogP contribution in [-0.4, -0.2) is 36.4 Å². The summed E-state index contributed by atoms with van der Waals surface area (Å²) in [6, 6.07) is 4.78. The first kappa shape index (κ1) is 16.9. The van der Waals surface area contributed by atoms with Gasteiger partial charge in [0, 0.05) is 38.2 Å². The Labute approximate surface area is 145 Å². The van der Waals surface area contributed by atoms with Crippen molar-refractivity contribution in [3.05, 3.63) is 60.2 Å². The minimum Gasteiger partial charge on any atom is -0.345 e. The van der Waals surface area contributed by atoms with Crippen molar-refractivity contribution in [2.45, 2.75) is 26.4 Å². The number of rotatable bonds is 5. The molecule has 3 aromatic rings. The SMILES string of the molecule is CC(C)N(Cc1ccc(F)c(-c2ncc[nH]2)c1)C(=O)c1cn(C)cn1. The van der Waals surface area contributed by atoms with E-state index < -0.39 is 0 Å². The Morgan fingerprint density at radius 2 is 2.16 bits per heavy atom. The number of H-pyrrole nitrogens is 1. The maximum absolute atomic E-state index is 14.1. The Kier molecular flexibility index (Phi) is 4.65. The van der Waals surface area contributed by atoms with Crippen LogP contribution in [0.15, 0.2) is 43.1 Å². The summed E-state index contributed by atoms with van der Waals surface area (Å²) in [5, 5.41) is 0. The second kappa shape index (κ2) is 6.88. The van der Waals surface area contributed by atoms with Crippen molar-refractivity contribution in [3.63, 3.8) is 0 Å². The topological polar surface area (TPSA) is 66.8 Å². The molecule has 2 heterocycles. The lowest BCUT2D eigenvalue weighted by atomic mass is 10.1. The molecule has 130 valence electrons. The number of aromatic amines is 1. The maximum Gasteiger partial charge on any atom is 0.274 e. The Morgan fingerprint density at radius 1 is 1.36 bits per heavy atom. The molecule has 0 aliphatic heterocycles. The first-order valence-electron chi connectivity index (χ1n) is 8.03. The molecule has 7 heteroatoms. The molecule has 0 aliphatic carbocycles. The van der Waals surface area contributed by atoms with Gasteiger partial charge in [-0.3, -0.25) is 4.79 Å². The fraction of sp³-hybridized carbons (Fsp3) is 0.278. The Hall–Kier alpha value is -2.96. The first-order valence-corrected chi connectivity index (χ1v) is 8.03. The highest BCUT2D eigenvalue weighted by Crippen LogP contribution is 2.22. The average molecular weight is 341 g/mol. The molecular weight excluding hydrogens is 321 g/mol. The predicted octanol–water partition coefficient (Wildman–Crippen LogP) is 3.00. The largest absolute Gasteiger partial charge is 0.345 e. The molecule has 0 aliphatic rings. The van der Waals surface area contributed by atoms with E-state index in [0.29, 0.717) is 23.6 Å². The molecule has 0 fully saturated rings. The number of amides is 1. The van der Waals surface area contributed by atoms with E-state index in [-0.39, 0.29) is 17.8 Å². The summed E-state index contributed by atoms with van der Waals surface area (Å²) in [7, 11) is 1.82. The van der Waals surface area contributed by atoms with Gasteiger partial charge in [0.1, 0.15) is 17.3 Å². The smallest absolute Gasteiger partial charge is 0.274 e. The van der Waals surface area contributed by atoms with Crippen LogP contribution in [0.1, 0.15) is 29.9 Å². The van der Waals surface area contributed by atoms with Crippen LogP contribution in [0.2, 0.25) is 0 Å². The highest BCUT2D eigenvalue weighted by atomic mass is 19.1. The number of imidazole rings is 2. The fourth-order valence-electron chi connectivity index (χ4n) is 2.62. The van der Waals surface area contributed by atoms with Gasteiger partial charge in [-0.25, -0.2) is 14.4 Å². The first-order chi connectivity index (χ1) is 12.0. The van der Waals surface area contributed by atoms with Gasteiger partial charge in [0.05, 0.1) is 11.9 Å². The lowest BCUT2D eigenvalue weighted by Crippen LogP contribution is -2.36. The van der Waals surface area contributed by atoms with Gasteiger partial charge < -0.3 is 14.5 Å². The van der Waals surface area contributed by atoms with Gasteiger partial charge in [-0.2, -0.15) is 0 Å². The molecule has 0 saturated carbocycles. The van der Waals surface area contributed by atoms with Crippen LogP contribution < -0.4 is 0 Å². The van der Waals surface area contributed by atoms with Crippen molar-refractivity contribution in [3.8, 4) is 11.4 Å².